The number of nitrogens with two attached hydrogens (primary N) is 1. The van der Waals surface area contributed by atoms with E-state index < -0.39 is 12.0 Å². The molecule has 0 aromatic heterocycles. The quantitative estimate of drug-likeness (QED) is 0.450. The minimum Gasteiger partial charge on any atom is -0.379 e. The van der Waals surface area contributed by atoms with Gasteiger partial charge in [-0.3, -0.25) is 14.4 Å². The molecular formula is C18H36N4O4. The van der Waals surface area contributed by atoms with Crippen molar-refractivity contribution < 1.29 is 19.1 Å². The Morgan fingerprint density at radius 3 is 2.15 bits per heavy atom. The van der Waals surface area contributed by atoms with Crippen LogP contribution in [0.2, 0.25) is 0 Å². The first-order valence-corrected chi connectivity index (χ1v) is 9.12. The second-order valence-electron chi connectivity index (χ2n) is 7.05. The van der Waals surface area contributed by atoms with Gasteiger partial charge in [0.25, 0.3) is 0 Å². The summed E-state index contributed by atoms with van der Waals surface area (Å²) in [7, 11) is 4.88. The van der Waals surface area contributed by atoms with Crippen molar-refractivity contribution in [2.24, 2.45) is 17.6 Å². The smallest absolute Gasteiger partial charge is 0.242 e. The second kappa shape index (κ2) is 11.9. The lowest BCUT2D eigenvalue weighted by Gasteiger charge is -2.37. The molecule has 0 radical (unpaired) electrons. The van der Waals surface area contributed by atoms with E-state index in [2.05, 4.69) is 10.6 Å². The van der Waals surface area contributed by atoms with Crippen molar-refractivity contribution in [2.45, 2.75) is 58.7 Å². The van der Waals surface area contributed by atoms with E-state index in [1.165, 1.54) is 7.11 Å². The van der Waals surface area contributed by atoms with Gasteiger partial charge in [-0.2, -0.15) is 0 Å². The Morgan fingerprint density at radius 2 is 1.77 bits per heavy atom. The molecule has 26 heavy (non-hydrogen) atoms. The molecule has 8 nitrogen and oxygen atoms in total. The van der Waals surface area contributed by atoms with Gasteiger partial charge in [-0.1, -0.05) is 34.1 Å². The summed E-state index contributed by atoms with van der Waals surface area (Å²) in [6, 6.07) is -0.674. The Hall–Kier alpha value is -1.67. The predicted octanol–water partition coefficient (Wildman–Crippen LogP) is 0.110. The Bertz CT molecular complexity index is 470. The van der Waals surface area contributed by atoms with Gasteiger partial charge in [0.05, 0.1) is 31.2 Å². The summed E-state index contributed by atoms with van der Waals surface area (Å²) in [4.78, 5) is 37.7. The molecule has 0 aromatic rings. The molecule has 0 bridgehead atoms. The van der Waals surface area contributed by atoms with Crippen LogP contribution in [-0.4, -0.2) is 68.6 Å². The van der Waals surface area contributed by atoms with E-state index in [9.17, 15) is 14.4 Å². The van der Waals surface area contributed by atoms with Crippen molar-refractivity contribution in [3.63, 3.8) is 0 Å². The van der Waals surface area contributed by atoms with Crippen molar-refractivity contribution in [1.29, 1.82) is 0 Å². The lowest BCUT2D eigenvalue weighted by Crippen LogP contribution is -2.54. The van der Waals surface area contributed by atoms with Gasteiger partial charge in [-0.25, -0.2) is 0 Å². The fourth-order valence-corrected chi connectivity index (χ4v) is 3.11. The molecule has 4 N–H and O–H groups in total. The molecule has 0 saturated carbocycles. The molecule has 0 spiro atoms. The molecule has 152 valence electrons. The maximum Gasteiger partial charge on any atom is 0.242 e. The number of rotatable bonds is 12. The van der Waals surface area contributed by atoms with Crippen molar-refractivity contribution in [1.82, 2.24) is 15.5 Å². The molecule has 8 heteroatoms. The number of carbonyl (C=O) groups excluding carboxylic acids is 3. The average Bonchev–Trinajstić information content (AvgIpc) is 2.58. The number of hydrogen-bond acceptors (Lipinski definition) is 5. The Kier molecular flexibility index (Phi) is 11.1. The molecule has 0 heterocycles. The first kappa shape index (κ1) is 24.3. The van der Waals surface area contributed by atoms with Gasteiger partial charge < -0.3 is 26.0 Å². The van der Waals surface area contributed by atoms with Crippen LogP contribution in [0.25, 0.3) is 0 Å². The number of amides is 3. The highest BCUT2D eigenvalue weighted by molar-refractivity contribution is 5.87. The summed E-state index contributed by atoms with van der Waals surface area (Å²) in [6.07, 6.45) is 0.348. The standard InChI is InChI=1S/C18H36N4O4/c1-8-12(4)17(13(26-7)9-14(19)23)22(6)15(24)10-21-18(25)16(20-5)11(2)3/h11-13,16-17,20H,8-10H2,1-7H3,(H2,19,23)(H,21,25). The van der Waals surface area contributed by atoms with Crippen molar-refractivity contribution >= 4 is 17.7 Å². The summed E-state index contributed by atoms with van der Waals surface area (Å²) >= 11 is 0. The van der Waals surface area contributed by atoms with Gasteiger partial charge in [-0.05, 0) is 18.9 Å². The molecule has 0 rings (SSSR count). The maximum absolute atomic E-state index is 12.6. The molecule has 0 aliphatic carbocycles. The summed E-state index contributed by atoms with van der Waals surface area (Å²) in [6.45, 7) is 7.76. The largest absolute Gasteiger partial charge is 0.379 e. The van der Waals surface area contributed by atoms with E-state index in [4.69, 9.17) is 10.5 Å². The van der Waals surface area contributed by atoms with E-state index in [0.717, 1.165) is 6.42 Å². The van der Waals surface area contributed by atoms with Gasteiger partial charge in [0.2, 0.25) is 17.7 Å². The van der Waals surface area contributed by atoms with E-state index in [0.29, 0.717) is 0 Å². The predicted molar refractivity (Wildman–Crippen MR) is 101 cm³/mol. The van der Waals surface area contributed by atoms with E-state index in [1.807, 2.05) is 27.7 Å². The molecule has 0 aromatic carbocycles. The molecular weight excluding hydrogens is 336 g/mol. The number of primary amides is 1. The third-order valence-corrected chi connectivity index (χ3v) is 4.83. The zero-order chi connectivity index (χ0) is 20.4. The summed E-state index contributed by atoms with van der Waals surface area (Å²) in [5.41, 5.74) is 5.31. The SMILES string of the molecule is CCC(C)C(C(CC(N)=O)OC)N(C)C(=O)CNC(=O)C(NC)C(C)C. The van der Waals surface area contributed by atoms with Gasteiger partial charge in [-0.15, -0.1) is 0 Å². The number of ether oxygens (including phenoxy) is 1. The number of methoxy groups -OCH3 is 1. The van der Waals surface area contributed by atoms with Crippen LogP contribution in [0, 0.1) is 11.8 Å². The van der Waals surface area contributed by atoms with Crippen molar-refractivity contribution in [3.8, 4) is 0 Å². The lowest BCUT2D eigenvalue weighted by atomic mass is 9.91. The first-order valence-electron chi connectivity index (χ1n) is 9.12. The topological polar surface area (TPSA) is 114 Å². The van der Waals surface area contributed by atoms with Gasteiger partial charge in [0.15, 0.2) is 0 Å². The van der Waals surface area contributed by atoms with Crippen LogP contribution in [-0.2, 0) is 19.1 Å². The van der Waals surface area contributed by atoms with Crippen LogP contribution in [0.5, 0.6) is 0 Å². The highest BCUT2D eigenvalue weighted by atomic mass is 16.5. The third kappa shape index (κ3) is 7.29. The average molecular weight is 373 g/mol. The fraction of sp³-hybridized carbons (Fsp3) is 0.833. The summed E-state index contributed by atoms with van der Waals surface area (Å²) < 4.78 is 5.44. The monoisotopic (exact) mass is 372 g/mol. The van der Waals surface area contributed by atoms with Gasteiger partial charge >= 0.3 is 0 Å². The minimum absolute atomic E-state index is 0.0324. The second-order valence-corrected chi connectivity index (χ2v) is 7.05. The number of carbonyl (C=O) groups is 3. The van der Waals surface area contributed by atoms with Crippen LogP contribution < -0.4 is 16.4 Å². The fourth-order valence-electron chi connectivity index (χ4n) is 3.11. The highest BCUT2D eigenvalue weighted by Crippen LogP contribution is 2.21. The van der Waals surface area contributed by atoms with Crippen LogP contribution in [0.15, 0.2) is 0 Å². The number of nitrogens with one attached hydrogen (secondary N) is 2. The highest BCUT2D eigenvalue weighted by Gasteiger charge is 2.33. The molecule has 0 aliphatic heterocycles. The van der Waals surface area contributed by atoms with Crippen LogP contribution in [0.1, 0.15) is 40.5 Å². The zero-order valence-corrected chi connectivity index (χ0v) is 17.2. The van der Waals surface area contributed by atoms with Crippen LogP contribution >= 0.6 is 0 Å². The van der Waals surface area contributed by atoms with Gasteiger partial charge in [0.1, 0.15) is 0 Å². The summed E-state index contributed by atoms with van der Waals surface area (Å²) in [5.74, 6) is -0.731. The van der Waals surface area contributed by atoms with E-state index >= 15 is 0 Å². The molecule has 4 atom stereocenters. The van der Waals surface area contributed by atoms with Crippen molar-refractivity contribution in [3.05, 3.63) is 0 Å². The Morgan fingerprint density at radius 1 is 1.19 bits per heavy atom. The minimum atomic E-state index is -0.493. The molecule has 0 fully saturated rings. The first-order chi connectivity index (χ1) is 12.1. The lowest BCUT2D eigenvalue weighted by molar-refractivity contribution is -0.139. The molecule has 0 aliphatic rings. The normalized spacial score (nSPS) is 15.8. The number of nitrogens with zero attached hydrogens (tertiary/aromatic N) is 1. The molecule has 3 amide bonds. The number of hydrogen-bond donors (Lipinski definition) is 3. The Balaban J connectivity index is 5.09. The third-order valence-electron chi connectivity index (χ3n) is 4.83. The summed E-state index contributed by atoms with van der Waals surface area (Å²) in [5, 5.41) is 5.63. The molecule has 0 saturated heterocycles. The number of likely N-dealkylation sites (N-methyl/N-ethyl adjacent to an activating group) is 2. The molecule has 4 unspecified atom stereocenters. The Labute approximate surface area is 157 Å². The van der Waals surface area contributed by atoms with Crippen LogP contribution in [0.3, 0.4) is 0 Å². The van der Waals surface area contributed by atoms with Crippen molar-refractivity contribution in [2.75, 3.05) is 27.7 Å². The zero-order valence-electron chi connectivity index (χ0n) is 17.2. The van der Waals surface area contributed by atoms with E-state index in [-0.39, 0.29) is 48.7 Å². The van der Waals surface area contributed by atoms with E-state index in [1.54, 1.807) is 19.0 Å². The van der Waals surface area contributed by atoms with Gasteiger partial charge in [0, 0.05) is 14.2 Å². The maximum atomic E-state index is 12.6. The van der Waals surface area contributed by atoms with Crippen LogP contribution in [0.4, 0.5) is 0 Å².